The van der Waals surface area contributed by atoms with E-state index < -0.39 is 0 Å². The second-order valence-corrected chi connectivity index (χ2v) is 8.34. The van der Waals surface area contributed by atoms with Gasteiger partial charge in [-0.3, -0.25) is 14.8 Å². The maximum Gasteiger partial charge on any atom is 0.277 e. The van der Waals surface area contributed by atoms with E-state index in [1.165, 1.54) is 11.1 Å². The van der Waals surface area contributed by atoms with E-state index in [0.29, 0.717) is 6.54 Å². The van der Waals surface area contributed by atoms with Gasteiger partial charge in [0.1, 0.15) is 0 Å². The van der Waals surface area contributed by atoms with Crippen LogP contribution in [0.15, 0.2) is 35.1 Å². The number of benzene rings is 1. The second kappa shape index (κ2) is 6.09. The smallest absolute Gasteiger partial charge is 0.277 e. The summed E-state index contributed by atoms with van der Waals surface area (Å²) < 4.78 is 1.61. The lowest BCUT2D eigenvalue weighted by molar-refractivity contribution is 0.241. The first-order valence-corrected chi connectivity index (χ1v) is 9.24. The molecular weight excluding hydrogens is 324 g/mol. The third-order valence-corrected chi connectivity index (χ3v) is 5.30. The predicted molar refractivity (Wildman–Crippen MR) is 104 cm³/mol. The van der Waals surface area contributed by atoms with Gasteiger partial charge < -0.3 is 0 Å². The number of fused-ring (bicyclic) bond motifs is 2. The van der Waals surface area contributed by atoms with E-state index in [9.17, 15) is 4.79 Å². The third kappa shape index (κ3) is 2.97. The molecule has 4 rings (SSSR count). The zero-order valence-electron chi connectivity index (χ0n) is 16.0. The van der Waals surface area contributed by atoms with E-state index >= 15 is 0 Å². The lowest BCUT2D eigenvalue weighted by atomic mass is 9.93. The first-order chi connectivity index (χ1) is 12.3. The summed E-state index contributed by atoms with van der Waals surface area (Å²) in [5.74, 6) is 0. The van der Waals surface area contributed by atoms with Crippen molar-refractivity contribution in [2.75, 3.05) is 6.54 Å². The number of nitrogens with one attached hydrogen (secondary N) is 1. The molecule has 1 aromatic carbocycles. The molecule has 3 aromatic rings. The quantitative estimate of drug-likeness (QED) is 0.772. The summed E-state index contributed by atoms with van der Waals surface area (Å²) >= 11 is 0. The number of aromatic nitrogens is 3. The molecule has 0 aliphatic carbocycles. The molecule has 1 aliphatic rings. The van der Waals surface area contributed by atoms with E-state index in [2.05, 4.69) is 62.0 Å². The second-order valence-electron chi connectivity index (χ2n) is 8.34. The van der Waals surface area contributed by atoms with Crippen LogP contribution >= 0.6 is 0 Å². The predicted octanol–water partition coefficient (Wildman–Crippen LogP) is 3.19. The van der Waals surface area contributed by atoms with Crippen molar-refractivity contribution in [2.45, 2.75) is 52.6 Å². The number of hydrogen-bond acceptors (Lipinski definition) is 3. The zero-order valence-corrected chi connectivity index (χ0v) is 16.0. The Balaban J connectivity index is 1.68. The van der Waals surface area contributed by atoms with Gasteiger partial charge in [-0.05, 0) is 18.1 Å². The van der Waals surface area contributed by atoms with Gasteiger partial charge in [-0.1, -0.05) is 45.0 Å². The molecule has 0 spiro atoms. The molecule has 26 heavy (non-hydrogen) atoms. The van der Waals surface area contributed by atoms with E-state index in [0.717, 1.165) is 42.1 Å². The normalized spacial score (nSPS) is 15.4. The van der Waals surface area contributed by atoms with Crippen LogP contribution in [0, 0.1) is 6.92 Å². The number of aryl methyl sites for hydroxylation is 1. The van der Waals surface area contributed by atoms with Crippen molar-refractivity contribution in [3.05, 3.63) is 68.8 Å². The van der Waals surface area contributed by atoms with Gasteiger partial charge in [-0.15, -0.1) is 0 Å². The van der Waals surface area contributed by atoms with Crippen LogP contribution in [-0.4, -0.2) is 26.0 Å². The van der Waals surface area contributed by atoms with Crippen molar-refractivity contribution >= 4 is 5.65 Å². The Morgan fingerprint density at radius 3 is 2.73 bits per heavy atom. The van der Waals surface area contributed by atoms with Crippen LogP contribution in [0.2, 0.25) is 0 Å². The van der Waals surface area contributed by atoms with Crippen molar-refractivity contribution in [2.24, 2.45) is 0 Å². The molecule has 1 N–H and O–H groups in total. The summed E-state index contributed by atoms with van der Waals surface area (Å²) in [7, 11) is 0. The van der Waals surface area contributed by atoms with Crippen molar-refractivity contribution < 1.29 is 0 Å². The van der Waals surface area contributed by atoms with E-state index in [1.54, 1.807) is 4.52 Å². The molecule has 0 saturated carbocycles. The molecule has 0 atom stereocenters. The minimum atomic E-state index is -0.0441. The van der Waals surface area contributed by atoms with Crippen molar-refractivity contribution in [3.63, 3.8) is 0 Å². The van der Waals surface area contributed by atoms with Crippen LogP contribution in [0.4, 0.5) is 0 Å². The molecular formula is C21H26N4O. The highest BCUT2D eigenvalue weighted by Crippen LogP contribution is 2.23. The summed E-state index contributed by atoms with van der Waals surface area (Å²) in [4.78, 5) is 20.2. The molecule has 5 nitrogen and oxygen atoms in total. The number of rotatable bonds is 2. The van der Waals surface area contributed by atoms with E-state index in [1.807, 2.05) is 6.07 Å². The number of hydrogen-bond donors (Lipinski definition) is 1. The van der Waals surface area contributed by atoms with E-state index in [-0.39, 0.29) is 11.0 Å². The van der Waals surface area contributed by atoms with Crippen LogP contribution in [0.1, 0.15) is 48.8 Å². The monoisotopic (exact) mass is 350 g/mol. The van der Waals surface area contributed by atoms with Crippen LogP contribution < -0.4 is 5.56 Å². The highest BCUT2D eigenvalue weighted by atomic mass is 16.1. The molecule has 2 aromatic heterocycles. The number of H-pyrrole nitrogens is 1. The van der Waals surface area contributed by atoms with Crippen LogP contribution in [0.25, 0.3) is 5.65 Å². The summed E-state index contributed by atoms with van der Waals surface area (Å²) in [5.41, 5.74) is 6.14. The fourth-order valence-corrected chi connectivity index (χ4v) is 3.58. The Hall–Kier alpha value is -2.40. The molecule has 0 unspecified atom stereocenters. The lowest BCUT2D eigenvalue weighted by Gasteiger charge is -2.28. The van der Waals surface area contributed by atoms with Gasteiger partial charge in [-0.25, -0.2) is 9.50 Å². The Morgan fingerprint density at radius 1 is 1.23 bits per heavy atom. The molecule has 1 aliphatic heterocycles. The SMILES string of the molecule is Cc1ccccc1CN1CCc2nc3cc(C(C)(C)C)[nH]n3c(=O)c2C1. The Kier molecular flexibility index (Phi) is 3.99. The molecule has 0 fully saturated rings. The largest absolute Gasteiger partial charge is 0.294 e. The van der Waals surface area contributed by atoms with Gasteiger partial charge in [-0.2, -0.15) is 0 Å². The Labute approximate surface area is 153 Å². The highest BCUT2D eigenvalue weighted by Gasteiger charge is 2.24. The summed E-state index contributed by atoms with van der Waals surface area (Å²) in [6.45, 7) is 11.0. The lowest BCUT2D eigenvalue weighted by Crippen LogP contribution is -2.36. The van der Waals surface area contributed by atoms with E-state index in [4.69, 9.17) is 4.98 Å². The van der Waals surface area contributed by atoms with Gasteiger partial charge in [0.05, 0.1) is 11.3 Å². The van der Waals surface area contributed by atoms with Gasteiger partial charge in [0, 0.05) is 43.2 Å². The first kappa shape index (κ1) is 17.0. The minimum Gasteiger partial charge on any atom is -0.294 e. The number of nitrogens with zero attached hydrogens (tertiary/aromatic N) is 3. The molecule has 0 bridgehead atoms. The topological polar surface area (TPSA) is 53.4 Å². The summed E-state index contributed by atoms with van der Waals surface area (Å²) in [6, 6.07) is 10.4. The molecule has 3 heterocycles. The number of aromatic amines is 1. The van der Waals surface area contributed by atoms with Crippen molar-refractivity contribution in [1.29, 1.82) is 0 Å². The third-order valence-electron chi connectivity index (χ3n) is 5.30. The van der Waals surface area contributed by atoms with Crippen LogP contribution in [0.5, 0.6) is 0 Å². The summed E-state index contributed by atoms with van der Waals surface area (Å²) in [5, 5.41) is 3.25. The first-order valence-electron chi connectivity index (χ1n) is 9.24. The fourth-order valence-electron chi connectivity index (χ4n) is 3.58. The van der Waals surface area contributed by atoms with Crippen molar-refractivity contribution in [1.82, 2.24) is 19.5 Å². The summed E-state index contributed by atoms with van der Waals surface area (Å²) in [6.07, 6.45) is 0.822. The van der Waals surface area contributed by atoms with Gasteiger partial charge in [0.25, 0.3) is 5.56 Å². The van der Waals surface area contributed by atoms with Gasteiger partial charge >= 0.3 is 0 Å². The van der Waals surface area contributed by atoms with Crippen LogP contribution in [0.3, 0.4) is 0 Å². The molecule has 0 amide bonds. The van der Waals surface area contributed by atoms with Gasteiger partial charge in [0.15, 0.2) is 5.65 Å². The zero-order chi connectivity index (χ0) is 18.5. The molecule has 136 valence electrons. The van der Waals surface area contributed by atoms with Crippen LogP contribution in [-0.2, 0) is 24.9 Å². The standard InChI is InChI=1S/C21H26N4O/c1-14-7-5-6-8-15(14)12-24-10-9-17-16(13-24)20(26)25-19(22-17)11-18(23-25)21(2,3)4/h5-8,11,23H,9-10,12-13H2,1-4H3. The maximum absolute atomic E-state index is 13.0. The Bertz CT molecular complexity index is 1020. The fraction of sp³-hybridized carbons (Fsp3) is 0.429. The average molecular weight is 350 g/mol. The average Bonchev–Trinajstić information content (AvgIpc) is 3.02. The molecule has 0 radical (unpaired) electrons. The van der Waals surface area contributed by atoms with Gasteiger partial charge in [0.2, 0.25) is 0 Å². The molecule has 5 heteroatoms. The minimum absolute atomic E-state index is 0.0370. The molecule has 0 saturated heterocycles. The maximum atomic E-state index is 13.0. The highest BCUT2D eigenvalue weighted by molar-refractivity contribution is 5.43. The van der Waals surface area contributed by atoms with Crippen molar-refractivity contribution in [3.8, 4) is 0 Å². The Morgan fingerprint density at radius 2 is 2.00 bits per heavy atom.